The van der Waals surface area contributed by atoms with Crippen molar-refractivity contribution in [1.29, 1.82) is 5.53 Å². The molecule has 1 fully saturated rings. The number of aryl methyl sites for hydroxylation is 2. The first kappa shape index (κ1) is 54.8. The number of Topliss-reactive ketones (excluding diaryl/α,β-unsaturated/α-hetero) is 1. The first-order valence-corrected chi connectivity index (χ1v) is 20.5. The maximum absolute atomic E-state index is 13.4. The molecule has 5 rings (SSSR count). The molecule has 19 nitrogen and oxygen atoms in total. The molecular formula is C53H63N17O2. The number of nitrogens with one attached hydrogen (secondary N) is 2. The van der Waals surface area contributed by atoms with Gasteiger partial charge in [0.2, 0.25) is 0 Å². The largest absolute Gasteiger partial charge is 0.383 e. The number of terminal acetylenes is 2. The third-order valence-corrected chi connectivity index (χ3v) is 8.67. The fraction of sp³-hybridized carbons (Fsp3) is 0.189. The normalized spacial score (nSPS) is 10.4. The van der Waals surface area contributed by atoms with E-state index in [1.165, 1.54) is 0 Å². The molecule has 72 heavy (non-hydrogen) atoms. The Kier molecular flexibility index (Phi) is 26.4. The summed E-state index contributed by atoms with van der Waals surface area (Å²) in [6.45, 7) is 2.98. The van der Waals surface area contributed by atoms with Crippen LogP contribution in [0.15, 0.2) is 90.9 Å². The van der Waals surface area contributed by atoms with Crippen molar-refractivity contribution in [3.8, 4) is 166 Å². The Bertz CT molecular complexity index is 3470. The number of benzene rings is 1. The predicted molar refractivity (Wildman–Crippen MR) is 300 cm³/mol. The molecule has 0 bridgehead atoms. The fourth-order valence-electron chi connectivity index (χ4n) is 5.50. The summed E-state index contributed by atoms with van der Waals surface area (Å²) in [5.74, 6) is 59.8. The Hall–Kier alpha value is -11.6. The van der Waals surface area contributed by atoms with Gasteiger partial charge in [0.15, 0.2) is 11.6 Å². The van der Waals surface area contributed by atoms with E-state index in [1.807, 2.05) is 36.7 Å². The van der Waals surface area contributed by atoms with Gasteiger partial charge in [0.25, 0.3) is 0 Å². The van der Waals surface area contributed by atoms with Gasteiger partial charge in [-0.2, -0.15) is 10.6 Å². The third-order valence-electron chi connectivity index (χ3n) is 8.67. The number of fused-ring (bicyclic) bond motifs is 1. The Balaban J connectivity index is -0.0000000988. The van der Waals surface area contributed by atoms with Crippen molar-refractivity contribution in [1.82, 2.24) is 29.6 Å². The summed E-state index contributed by atoms with van der Waals surface area (Å²) >= 11 is 0. The number of pyridine rings is 1. The first-order chi connectivity index (χ1) is 35.3. The molecule has 0 amide bonds. The van der Waals surface area contributed by atoms with E-state index in [0.29, 0.717) is 41.8 Å². The number of hydrogen-bond donors (Lipinski definition) is 3. The predicted octanol–water partition coefficient (Wildman–Crippen LogP) is 9.11. The lowest BCUT2D eigenvalue weighted by molar-refractivity contribution is 0.0978. The van der Waals surface area contributed by atoms with Crippen LogP contribution in [0.4, 0.5) is 11.6 Å². The Morgan fingerprint density at radius 3 is 1.78 bits per heavy atom. The van der Waals surface area contributed by atoms with Crippen LogP contribution in [0.3, 0.4) is 0 Å². The molecule has 3 aromatic heterocycles. The van der Waals surface area contributed by atoms with Gasteiger partial charge < -0.3 is 16.0 Å². The standard InChI is InChI=1S/C27H32N8O.C26H2.HN9O.14H2/c1-34-11-8-19(9-12-34)14-30-27-25(33-23(16-31-27)21-15-32-35(2)17-21)24(36)6-4-18-3-5-22-20(13-18)7-10-29-26(22)28;1-3-5-7-9-11-13-15-17-19-21-23-25-26-24-22-20-18-16-14-12-10-8-6-4-2;1-2-3-4-5-6-7-8-9-10;;;;;;;;;;;;;;/h3,5,7,10,13,15-17,19H,4,6,8-9,11-12,14H2,1-2H3,(H2,28,29)(H,30,31);1-2H;1H;14*1H/b;;2-1?,4-3+,6-5+,8-7+;;;;;;;;;;;;;;. The monoisotopic (exact) mass is 970 g/mol. The summed E-state index contributed by atoms with van der Waals surface area (Å²) in [6.07, 6.45) is 20.0. The molecule has 1 saturated heterocycles. The minimum atomic E-state index is -0.0338. The van der Waals surface area contributed by atoms with Gasteiger partial charge in [-0.1, -0.05) is 18.2 Å². The molecule has 1 aliphatic rings. The minimum Gasteiger partial charge on any atom is -0.383 e. The minimum absolute atomic E-state index is 0. The highest BCUT2D eigenvalue weighted by Crippen LogP contribution is 2.24. The first-order valence-electron chi connectivity index (χ1n) is 20.5. The van der Waals surface area contributed by atoms with Gasteiger partial charge in [-0.15, -0.1) is 17.8 Å². The van der Waals surface area contributed by atoms with E-state index in [-0.39, 0.29) is 25.8 Å². The van der Waals surface area contributed by atoms with Crippen LogP contribution in [0.25, 0.3) is 22.0 Å². The number of carbonyl (C=O) groups is 1. The second kappa shape index (κ2) is 34.7. The number of nitroso groups, excluding NO2 is 1. The lowest BCUT2D eigenvalue weighted by Crippen LogP contribution is -2.33. The van der Waals surface area contributed by atoms with Crippen LogP contribution in [0.5, 0.6) is 0 Å². The maximum Gasteiger partial charge on any atom is 0.185 e. The lowest BCUT2D eigenvalue weighted by atomic mass is 9.97. The van der Waals surface area contributed by atoms with Crippen molar-refractivity contribution in [2.45, 2.75) is 25.7 Å². The average molecular weight is 970 g/mol. The Morgan fingerprint density at radius 2 is 1.28 bits per heavy atom. The molecule has 0 spiro atoms. The number of nitrogen functional groups attached to an aromatic ring is 1. The van der Waals surface area contributed by atoms with Crippen LogP contribution >= 0.6 is 0 Å². The van der Waals surface area contributed by atoms with E-state index >= 15 is 0 Å². The van der Waals surface area contributed by atoms with Crippen molar-refractivity contribution in [3.63, 3.8) is 0 Å². The summed E-state index contributed by atoms with van der Waals surface area (Å²) in [5.41, 5.74) is 15.0. The second-order valence-electron chi connectivity index (χ2n) is 13.4. The molecule has 0 atom stereocenters. The van der Waals surface area contributed by atoms with Crippen LogP contribution < -0.4 is 11.1 Å². The molecule has 0 unspecified atom stereocenters. The van der Waals surface area contributed by atoms with Crippen LogP contribution in [0.2, 0.25) is 0 Å². The molecule has 4 N–H and O–H groups in total. The smallest absolute Gasteiger partial charge is 0.185 e. The van der Waals surface area contributed by atoms with Crippen molar-refractivity contribution < 1.29 is 24.8 Å². The summed E-state index contributed by atoms with van der Waals surface area (Å²) < 4.78 is 1.72. The summed E-state index contributed by atoms with van der Waals surface area (Å²) in [5, 5.41) is 30.4. The van der Waals surface area contributed by atoms with E-state index in [4.69, 9.17) is 29.1 Å². The second-order valence-corrected chi connectivity index (χ2v) is 13.4. The summed E-state index contributed by atoms with van der Waals surface area (Å²) in [6, 6.07) is 7.97. The van der Waals surface area contributed by atoms with E-state index in [1.54, 1.807) is 23.3 Å². The van der Waals surface area contributed by atoms with E-state index < -0.39 is 0 Å². The Labute approximate surface area is 437 Å². The van der Waals surface area contributed by atoms with E-state index in [0.717, 1.165) is 54.4 Å². The number of anilines is 2. The number of likely N-dealkylation sites (tertiary alicyclic amines) is 1. The van der Waals surface area contributed by atoms with Gasteiger partial charge in [-0.25, -0.2) is 15.0 Å². The highest BCUT2D eigenvalue weighted by Gasteiger charge is 2.21. The van der Waals surface area contributed by atoms with Gasteiger partial charge in [0.05, 0.1) is 18.1 Å². The molecule has 4 heterocycles. The van der Waals surface area contributed by atoms with E-state index in [9.17, 15) is 9.70 Å². The van der Waals surface area contributed by atoms with Gasteiger partial charge in [-0.3, -0.25) is 9.48 Å². The van der Waals surface area contributed by atoms with Crippen LogP contribution in [0.1, 0.15) is 55.3 Å². The van der Waals surface area contributed by atoms with Crippen molar-refractivity contribution in [2.24, 2.45) is 54.8 Å². The van der Waals surface area contributed by atoms with Gasteiger partial charge in [0.1, 0.15) is 16.8 Å². The fourth-order valence-corrected chi connectivity index (χ4v) is 5.50. The maximum atomic E-state index is 13.4. The van der Waals surface area contributed by atoms with Crippen molar-refractivity contribution in [2.75, 3.05) is 37.7 Å². The SMILES string of the molecule is C#CC#CC#CC#CC#CC#CC#CC#CC#CC#CC#CC#CC#C.CN1CCC(CNc2ncc(-c3cnn(C)c3)nc2C(=O)CCc2ccc3c(N)nccc3c2)CC1.N=N/N=N/N=N/N=N/N=O.[HH].[HH].[HH].[HH].[HH].[HH].[HH].[HH].[HH].[HH].[HH].[HH].[HH].[HH]. The van der Waals surface area contributed by atoms with Gasteiger partial charge in [0, 0.05) is 126 Å². The van der Waals surface area contributed by atoms with Crippen LogP contribution in [-0.2, 0) is 13.5 Å². The zero-order valence-corrected chi connectivity index (χ0v) is 38.5. The number of nitrogens with zero attached hydrogens (tertiary/aromatic N) is 14. The zero-order valence-electron chi connectivity index (χ0n) is 38.5. The van der Waals surface area contributed by atoms with Crippen LogP contribution in [-0.4, -0.2) is 62.1 Å². The van der Waals surface area contributed by atoms with Crippen molar-refractivity contribution >= 4 is 28.2 Å². The Morgan fingerprint density at radius 1 is 0.750 bits per heavy atom. The molecule has 1 aliphatic heterocycles. The van der Waals surface area contributed by atoms with Gasteiger partial charge >= 0.3 is 0 Å². The van der Waals surface area contributed by atoms with Gasteiger partial charge in [-0.05, 0) is 178 Å². The zero-order chi connectivity index (χ0) is 51.7. The molecule has 19 heteroatoms. The molecule has 0 aliphatic carbocycles. The molecule has 0 saturated carbocycles. The molecular weight excluding hydrogens is 907 g/mol. The number of rotatable bonds is 12. The number of aromatic nitrogens is 5. The molecule has 372 valence electrons. The lowest BCUT2D eigenvalue weighted by Gasteiger charge is -2.29. The van der Waals surface area contributed by atoms with E-state index in [2.05, 4.69) is 217 Å². The quantitative estimate of drug-likeness (QED) is 0.0402. The molecule has 1 aromatic carbocycles. The topological polar surface area (TPSA) is 255 Å². The highest BCUT2D eigenvalue weighted by molar-refractivity contribution is 5.99. The number of nitrogens with two attached hydrogens (primary N) is 1. The highest BCUT2D eigenvalue weighted by atomic mass is 16.3. The van der Waals surface area contributed by atoms with Crippen molar-refractivity contribution in [3.05, 3.63) is 65.2 Å². The number of hydrogen-bond acceptors (Lipinski definition) is 10. The number of carbonyl (C=O) groups excluding carboxylic acids is 1. The molecule has 4 aromatic rings. The summed E-state index contributed by atoms with van der Waals surface area (Å²) in [7, 11) is 4.01. The third kappa shape index (κ3) is 23.1. The number of piperidine rings is 1. The number of ketones is 1. The molecule has 0 radical (unpaired) electrons. The average Bonchev–Trinajstić information content (AvgIpc) is 3.84. The summed E-state index contributed by atoms with van der Waals surface area (Å²) in [4.78, 5) is 38.5. The van der Waals surface area contributed by atoms with Crippen LogP contribution in [0, 0.1) is 171 Å².